The van der Waals surface area contributed by atoms with Gasteiger partial charge in [-0.2, -0.15) is 26.3 Å². The van der Waals surface area contributed by atoms with E-state index in [1.54, 1.807) is 4.90 Å². The van der Waals surface area contributed by atoms with Gasteiger partial charge in [0, 0.05) is 62.1 Å². The van der Waals surface area contributed by atoms with E-state index in [1.165, 1.54) is 37.3 Å². The van der Waals surface area contributed by atoms with Crippen LogP contribution in [0.4, 0.5) is 39.5 Å². The molecule has 0 radical (unpaired) electrons. The van der Waals surface area contributed by atoms with E-state index in [-0.39, 0.29) is 22.9 Å². The lowest BCUT2D eigenvalue weighted by Gasteiger charge is -2.39. The highest BCUT2D eigenvalue weighted by Gasteiger charge is 2.73. The Kier molecular flexibility index (Phi) is 12.6. The molecule has 2 heterocycles. The molecule has 2 saturated heterocycles. The van der Waals surface area contributed by atoms with Gasteiger partial charge in [-0.15, -0.1) is 0 Å². The summed E-state index contributed by atoms with van der Waals surface area (Å²) in [4.78, 5) is 27.0. The van der Waals surface area contributed by atoms with Crippen LogP contribution in [-0.4, -0.2) is 70.4 Å². The van der Waals surface area contributed by atoms with Gasteiger partial charge < -0.3 is 19.7 Å². The fourth-order valence-electron chi connectivity index (χ4n) is 5.86. The maximum Gasteiger partial charge on any atom is 0.430 e. The molecule has 17 heteroatoms. The van der Waals surface area contributed by atoms with Crippen molar-refractivity contribution in [3.8, 4) is 0 Å². The number of hydrogen-bond acceptors (Lipinski definition) is 5. The van der Waals surface area contributed by atoms with E-state index in [1.807, 2.05) is 0 Å². The Labute approximate surface area is 289 Å². The number of rotatable bonds is 8. The molecule has 5 rings (SSSR count). The summed E-state index contributed by atoms with van der Waals surface area (Å²) in [6.45, 7) is 1.55. The maximum absolute atomic E-state index is 13.5. The van der Waals surface area contributed by atoms with Gasteiger partial charge in [-0.1, -0.05) is 36.4 Å². The van der Waals surface area contributed by atoms with Crippen molar-refractivity contribution < 1.29 is 62.8 Å². The van der Waals surface area contributed by atoms with Crippen LogP contribution >= 0.6 is 0 Å². The van der Waals surface area contributed by atoms with E-state index in [9.17, 15) is 53.3 Å². The number of likely N-dealkylation sites (tertiary alicyclic amines) is 1. The number of halogens is 9. The van der Waals surface area contributed by atoms with Gasteiger partial charge >= 0.3 is 12.4 Å². The maximum atomic E-state index is 13.5. The van der Waals surface area contributed by atoms with Crippen LogP contribution < -0.4 is 5.32 Å². The van der Waals surface area contributed by atoms with Crippen molar-refractivity contribution in [3.05, 3.63) is 101 Å². The van der Waals surface area contributed by atoms with Gasteiger partial charge in [0.25, 0.3) is 5.60 Å². The molecule has 2 unspecified atom stereocenters. The Morgan fingerprint density at radius 2 is 1.45 bits per heavy atom. The molecule has 1 N–H and O–H groups in total. The Morgan fingerprint density at radius 3 is 1.98 bits per heavy atom. The molecule has 7 nitrogen and oxygen atoms in total. The van der Waals surface area contributed by atoms with E-state index in [0.29, 0.717) is 74.7 Å². The Bertz CT molecular complexity index is 1650. The fourth-order valence-corrected chi connectivity index (χ4v) is 7.28. The van der Waals surface area contributed by atoms with Crippen LogP contribution in [0.5, 0.6) is 0 Å². The fraction of sp³-hybridized carbons (Fsp3) is 0.412. The van der Waals surface area contributed by atoms with E-state index < -0.39 is 63.7 Å². The third-order valence-electron chi connectivity index (χ3n) is 8.43. The van der Waals surface area contributed by atoms with Gasteiger partial charge in [0.2, 0.25) is 11.8 Å². The van der Waals surface area contributed by atoms with E-state index >= 15 is 0 Å². The molecule has 2 aliphatic rings. The summed E-state index contributed by atoms with van der Waals surface area (Å²) in [5.74, 6) is -3.37. The number of alkyl halides is 6. The largest absolute Gasteiger partial charge is 0.430 e. The van der Waals surface area contributed by atoms with Crippen LogP contribution in [0.2, 0.25) is 0 Å². The number of carbonyl (C=O) groups excluding carboxylic acids is 2. The first kappa shape index (κ1) is 39.8. The molecular weight excluding hydrogens is 719 g/mol. The normalized spacial score (nSPS) is 18.4. The first-order valence-electron chi connectivity index (χ1n) is 15.5. The van der Waals surface area contributed by atoms with Crippen molar-refractivity contribution in [2.75, 3.05) is 26.3 Å². The second-order valence-electron chi connectivity index (χ2n) is 11.8. The number of benzene rings is 3. The molecule has 2 amide bonds. The summed E-state index contributed by atoms with van der Waals surface area (Å²) < 4.78 is 143. The molecule has 2 fully saturated rings. The zero-order valence-corrected chi connectivity index (χ0v) is 27.8. The van der Waals surface area contributed by atoms with E-state index in [0.717, 1.165) is 18.2 Å². The highest BCUT2D eigenvalue weighted by Crippen LogP contribution is 2.53. The summed E-state index contributed by atoms with van der Waals surface area (Å²) in [5.41, 5.74) is -7.94. The molecule has 0 saturated carbocycles. The predicted molar refractivity (Wildman–Crippen MR) is 166 cm³/mol. The van der Waals surface area contributed by atoms with Crippen LogP contribution in [0.1, 0.15) is 37.3 Å². The van der Waals surface area contributed by atoms with Crippen molar-refractivity contribution in [1.29, 1.82) is 0 Å². The van der Waals surface area contributed by atoms with Gasteiger partial charge in [-0.05, 0) is 42.8 Å². The lowest BCUT2D eigenvalue weighted by atomic mass is 9.88. The number of carbonyl (C=O) groups is 2. The minimum atomic E-state index is -5.92. The SMILES string of the molecule is CC(=O)NC1(C(=O)N2CCC(S(=O)c3ccc(F)cc3)C2)CCOCC1.Fc1cccc(F)c1COC(c1ccccc1)(C(F)(F)F)C(F)(F)F. The third-order valence-corrected chi connectivity index (χ3v) is 10.2. The Morgan fingerprint density at radius 1 is 0.882 bits per heavy atom. The van der Waals surface area contributed by atoms with Crippen LogP contribution in [-0.2, 0) is 42.1 Å². The number of ether oxygens (including phenoxy) is 2. The Balaban J connectivity index is 0.000000229. The zero-order valence-electron chi connectivity index (χ0n) is 27.0. The summed E-state index contributed by atoms with van der Waals surface area (Å²) in [6, 6.07) is 12.3. The number of nitrogens with zero attached hydrogens (tertiary/aromatic N) is 1. The Hall–Kier alpha value is -3.96. The quantitative estimate of drug-likeness (QED) is 0.259. The van der Waals surface area contributed by atoms with Crippen LogP contribution in [0, 0.1) is 17.5 Å². The second-order valence-corrected chi connectivity index (χ2v) is 13.6. The highest BCUT2D eigenvalue weighted by atomic mass is 32.2. The smallest absolute Gasteiger partial charge is 0.381 e. The summed E-state index contributed by atoms with van der Waals surface area (Å²) in [6.07, 6.45) is -10.4. The molecule has 2 aliphatic heterocycles. The molecule has 0 aliphatic carbocycles. The minimum Gasteiger partial charge on any atom is -0.381 e. The molecule has 3 aromatic rings. The predicted octanol–water partition coefficient (Wildman–Crippen LogP) is 6.72. The minimum absolute atomic E-state index is 0.130. The van der Waals surface area contributed by atoms with E-state index in [2.05, 4.69) is 10.1 Å². The standard InChI is InChI=1S/C18H23FN2O4S.C16H10F8O/c1-13(22)20-18(7-10-25-11-8-18)17(23)21-9-6-16(12-21)26(24)15-4-2-14(19)3-5-15;17-12-7-4-8-13(18)11(12)9-25-14(15(19,20)21,16(22,23)24)10-5-2-1-3-6-10/h2-5,16H,6-12H2,1H3,(H,20,22);1-8H,9H2. The van der Waals surface area contributed by atoms with E-state index in [4.69, 9.17) is 4.74 Å². The lowest BCUT2D eigenvalue weighted by Crippen LogP contribution is -2.61. The van der Waals surface area contributed by atoms with Crippen molar-refractivity contribution in [1.82, 2.24) is 10.2 Å². The topological polar surface area (TPSA) is 84.9 Å². The average Bonchev–Trinajstić information content (AvgIpc) is 3.56. The summed E-state index contributed by atoms with van der Waals surface area (Å²) in [5, 5.41) is 2.63. The molecule has 0 spiro atoms. The average molecular weight is 753 g/mol. The van der Waals surface area contributed by atoms with Crippen LogP contribution in [0.25, 0.3) is 0 Å². The van der Waals surface area contributed by atoms with Gasteiger partial charge in [0.05, 0.1) is 22.7 Å². The lowest BCUT2D eigenvalue weighted by molar-refractivity contribution is -0.392. The first-order valence-corrected chi connectivity index (χ1v) is 16.7. The molecular formula is C34H33F9N2O5S. The molecule has 51 heavy (non-hydrogen) atoms. The molecule has 3 aromatic carbocycles. The molecule has 0 aromatic heterocycles. The summed E-state index contributed by atoms with van der Waals surface area (Å²) in [7, 11) is -1.31. The van der Waals surface area contributed by atoms with Crippen LogP contribution in [0.15, 0.2) is 77.7 Å². The van der Waals surface area contributed by atoms with Gasteiger partial charge in [0.1, 0.15) is 23.0 Å². The summed E-state index contributed by atoms with van der Waals surface area (Å²) >= 11 is 0. The van der Waals surface area contributed by atoms with Crippen molar-refractivity contribution >= 4 is 22.6 Å². The molecule has 278 valence electrons. The van der Waals surface area contributed by atoms with Gasteiger partial charge in [-0.3, -0.25) is 13.8 Å². The van der Waals surface area contributed by atoms with Crippen molar-refractivity contribution in [3.63, 3.8) is 0 Å². The van der Waals surface area contributed by atoms with Crippen molar-refractivity contribution in [2.45, 2.75) is 66.4 Å². The molecule has 0 bridgehead atoms. The molecule has 2 atom stereocenters. The van der Waals surface area contributed by atoms with Gasteiger partial charge in [0.15, 0.2) is 0 Å². The first-order chi connectivity index (χ1) is 23.9. The monoisotopic (exact) mass is 752 g/mol. The van der Waals surface area contributed by atoms with Gasteiger partial charge in [-0.25, -0.2) is 13.2 Å². The van der Waals surface area contributed by atoms with Crippen molar-refractivity contribution in [2.24, 2.45) is 0 Å². The second kappa shape index (κ2) is 16.2. The number of amides is 2. The number of nitrogens with one attached hydrogen (secondary N) is 1. The zero-order chi connectivity index (χ0) is 37.6. The third kappa shape index (κ3) is 8.92. The van der Waals surface area contributed by atoms with Crippen LogP contribution in [0.3, 0.4) is 0 Å². The highest BCUT2D eigenvalue weighted by molar-refractivity contribution is 7.85. The number of hydrogen-bond donors (Lipinski definition) is 1.